The van der Waals surface area contributed by atoms with Crippen molar-refractivity contribution in [1.29, 1.82) is 0 Å². The Balaban J connectivity index is 2.22. The van der Waals surface area contributed by atoms with Crippen LogP contribution in [0.1, 0.15) is 11.6 Å². The standard InChI is InChI=1S/C20H27NO3Si/c1-23-19-14-12-17(13-15-19)20(11-8-16-24-25(2,3)4)21(22)18-9-6-5-7-10-18/h5-15,20,22H,16H2,1-4H3/b11-8+. The highest BCUT2D eigenvalue weighted by atomic mass is 28.4. The van der Waals surface area contributed by atoms with E-state index in [4.69, 9.17) is 9.16 Å². The molecule has 4 nitrogen and oxygen atoms in total. The summed E-state index contributed by atoms with van der Waals surface area (Å²) in [6, 6.07) is 16.9. The summed E-state index contributed by atoms with van der Waals surface area (Å²) in [7, 11) is 0.0854. The van der Waals surface area contributed by atoms with Gasteiger partial charge in [-0.05, 0) is 49.5 Å². The quantitative estimate of drug-likeness (QED) is 0.408. The largest absolute Gasteiger partial charge is 0.497 e. The summed E-state index contributed by atoms with van der Waals surface area (Å²) in [5.74, 6) is 0.790. The van der Waals surface area contributed by atoms with E-state index in [1.807, 2.05) is 66.7 Å². The van der Waals surface area contributed by atoms with Crippen LogP contribution in [0.4, 0.5) is 5.69 Å². The van der Waals surface area contributed by atoms with Crippen LogP contribution in [-0.4, -0.2) is 27.2 Å². The molecule has 5 heteroatoms. The summed E-state index contributed by atoms with van der Waals surface area (Å²) < 4.78 is 11.1. The molecule has 0 radical (unpaired) electrons. The summed E-state index contributed by atoms with van der Waals surface area (Å²) >= 11 is 0. The second kappa shape index (κ2) is 8.85. The van der Waals surface area contributed by atoms with E-state index in [0.29, 0.717) is 6.61 Å². The number of rotatable bonds is 8. The van der Waals surface area contributed by atoms with Crippen LogP contribution >= 0.6 is 0 Å². The van der Waals surface area contributed by atoms with E-state index in [-0.39, 0.29) is 6.04 Å². The molecule has 134 valence electrons. The van der Waals surface area contributed by atoms with Gasteiger partial charge in [0.25, 0.3) is 0 Å². The molecule has 0 aromatic heterocycles. The lowest BCUT2D eigenvalue weighted by Gasteiger charge is -2.26. The molecular weight excluding hydrogens is 330 g/mol. The van der Waals surface area contributed by atoms with Crippen molar-refractivity contribution in [3.63, 3.8) is 0 Å². The maximum Gasteiger partial charge on any atom is 0.184 e. The Bertz CT molecular complexity index is 666. The van der Waals surface area contributed by atoms with Crippen molar-refractivity contribution >= 4 is 14.0 Å². The molecule has 2 rings (SSSR count). The van der Waals surface area contributed by atoms with Crippen molar-refractivity contribution < 1.29 is 14.4 Å². The first-order valence-corrected chi connectivity index (χ1v) is 11.8. The molecule has 0 saturated carbocycles. The van der Waals surface area contributed by atoms with Crippen LogP contribution in [0.3, 0.4) is 0 Å². The number of hydrogen-bond donors (Lipinski definition) is 1. The Labute approximate surface area is 151 Å². The number of anilines is 1. The molecule has 0 bridgehead atoms. The molecule has 0 amide bonds. The van der Waals surface area contributed by atoms with Gasteiger partial charge in [-0.3, -0.25) is 5.21 Å². The van der Waals surface area contributed by atoms with Crippen LogP contribution in [0.15, 0.2) is 66.7 Å². The van der Waals surface area contributed by atoms with Gasteiger partial charge in [0, 0.05) is 0 Å². The number of ether oxygens (including phenoxy) is 1. The highest BCUT2D eigenvalue weighted by Gasteiger charge is 2.17. The Morgan fingerprint density at radius 1 is 1.04 bits per heavy atom. The minimum atomic E-state index is -1.56. The van der Waals surface area contributed by atoms with E-state index in [0.717, 1.165) is 17.0 Å². The molecule has 1 unspecified atom stereocenters. The first kappa shape index (κ1) is 19.2. The van der Waals surface area contributed by atoms with Gasteiger partial charge in [-0.15, -0.1) is 0 Å². The summed E-state index contributed by atoms with van der Waals surface area (Å²) in [6.07, 6.45) is 3.94. The lowest BCUT2D eigenvalue weighted by molar-refractivity contribution is 0.233. The van der Waals surface area contributed by atoms with Gasteiger partial charge in [0.15, 0.2) is 8.32 Å². The maximum absolute atomic E-state index is 10.7. The van der Waals surface area contributed by atoms with Gasteiger partial charge in [-0.1, -0.05) is 42.5 Å². The zero-order valence-corrected chi connectivity index (χ0v) is 16.3. The summed E-state index contributed by atoms with van der Waals surface area (Å²) in [5.41, 5.74) is 1.70. The lowest BCUT2D eigenvalue weighted by Crippen LogP contribution is -2.26. The molecule has 0 saturated heterocycles. The molecule has 1 N–H and O–H groups in total. The van der Waals surface area contributed by atoms with E-state index in [9.17, 15) is 5.21 Å². The van der Waals surface area contributed by atoms with E-state index >= 15 is 0 Å². The Hall–Kier alpha value is -2.08. The van der Waals surface area contributed by atoms with E-state index in [2.05, 4.69) is 19.6 Å². The second-order valence-corrected chi connectivity index (χ2v) is 11.3. The number of para-hydroxylation sites is 1. The van der Waals surface area contributed by atoms with Crippen LogP contribution in [0.5, 0.6) is 5.75 Å². The molecule has 0 heterocycles. The topological polar surface area (TPSA) is 41.9 Å². The van der Waals surface area contributed by atoms with Gasteiger partial charge in [0.05, 0.1) is 25.4 Å². The molecule has 0 aliphatic carbocycles. The first-order valence-electron chi connectivity index (χ1n) is 8.38. The summed E-state index contributed by atoms with van der Waals surface area (Å²) in [6.45, 7) is 7.02. The molecule has 0 spiro atoms. The van der Waals surface area contributed by atoms with Gasteiger partial charge < -0.3 is 9.16 Å². The van der Waals surface area contributed by atoms with Crippen LogP contribution in [0.25, 0.3) is 0 Å². The highest BCUT2D eigenvalue weighted by molar-refractivity contribution is 6.69. The lowest BCUT2D eigenvalue weighted by atomic mass is 10.1. The molecule has 2 aromatic rings. The molecule has 0 aliphatic rings. The predicted octanol–water partition coefficient (Wildman–Crippen LogP) is 5.04. The normalized spacial score (nSPS) is 13.0. The third-order valence-electron chi connectivity index (χ3n) is 3.67. The van der Waals surface area contributed by atoms with Gasteiger partial charge in [0.2, 0.25) is 0 Å². The zero-order chi connectivity index (χ0) is 18.3. The van der Waals surface area contributed by atoms with E-state index < -0.39 is 8.32 Å². The van der Waals surface area contributed by atoms with Crippen molar-refractivity contribution in [3.05, 3.63) is 72.3 Å². The molecule has 0 aliphatic heterocycles. The van der Waals surface area contributed by atoms with Gasteiger partial charge in [0.1, 0.15) is 5.75 Å². The molecule has 1 atom stereocenters. The highest BCUT2D eigenvalue weighted by Crippen LogP contribution is 2.27. The Morgan fingerprint density at radius 3 is 2.24 bits per heavy atom. The Kier molecular flexibility index (Phi) is 6.81. The fourth-order valence-electron chi connectivity index (χ4n) is 2.36. The number of nitrogens with zero attached hydrogens (tertiary/aromatic N) is 1. The van der Waals surface area contributed by atoms with E-state index in [1.54, 1.807) is 7.11 Å². The van der Waals surface area contributed by atoms with Crippen LogP contribution < -0.4 is 9.80 Å². The average Bonchev–Trinajstić information content (AvgIpc) is 2.61. The van der Waals surface area contributed by atoms with Crippen molar-refractivity contribution in [1.82, 2.24) is 0 Å². The van der Waals surface area contributed by atoms with E-state index in [1.165, 1.54) is 5.06 Å². The van der Waals surface area contributed by atoms with Crippen LogP contribution in [0.2, 0.25) is 19.6 Å². The number of hydroxylamine groups is 1. The first-order chi connectivity index (χ1) is 11.9. The van der Waals surface area contributed by atoms with Crippen molar-refractivity contribution in [3.8, 4) is 5.75 Å². The fraction of sp³-hybridized carbons (Fsp3) is 0.300. The van der Waals surface area contributed by atoms with Crippen LogP contribution in [0, 0.1) is 0 Å². The third-order valence-corrected chi connectivity index (χ3v) is 4.71. The van der Waals surface area contributed by atoms with Crippen molar-refractivity contribution in [2.24, 2.45) is 0 Å². The van der Waals surface area contributed by atoms with Crippen molar-refractivity contribution in [2.45, 2.75) is 25.7 Å². The Morgan fingerprint density at radius 2 is 1.68 bits per heavy atom. The van der Waals surface area contributed by atoms with Gasteiger partial charge in [-0.25, -0.2) is 5.06 Å². The number of methoxy groups -OCH3 is 1. The van der Waals surface area contributed by atoms with Gasteiger partial charge >= 0.3 is 0 Å². The minimum Gasteiger partial charge on any atom is -0.497 e. The second-order valence-electron chi connectivity index (χ2n) is 6.75. The smallest absolute Gasteiger partial charge is 0.184 e. The molecule has 0 fully saturated rings. The minimum absolute atomic E-state index is 0.307. The molecule has 2 aromatic carbocycles. The van der Waals surface area contributed by atoms with Gasteiger partial charge in [-0.2, -0.15) is 0 Å². The predicted molar refractivity (Wildman–Crippen MR) is 105 cm³/mol. The fourth-order valence-corrected chi connectivity index (χ4v) is 2.96. The summed E-state index contributed by atoms with van der Waals surface area (Å²) in [5, 5.41) is 12.0. The molecule has 25 heavy (non-hydrogen) atoms. The number of benzene rings is 2. The van der Waals surface area contributed by atoms with Crippen LogP contribution in [-0.2, 0) is 4.43 Å². The average molecular weight is 358 g/mol. The SMILES string of the molecule is COc1ccc(C(/C=C/CO[Si](C)(C)C)N(O)c2ccccc2)cc1. The van der Waals surface area contributed by atoms with Crippen molar-refractivity contribution in [2.75, 3.05) is 18.8 Å². The molecular formula is C20H27NO3Si. The number of hydrogen-bond acceptors (Lipinski definition) is 4. The zero-order valence-electron chi connectivity index (χ0n) is 15.3. The maximum atomic E-state index is 10.7. The summed E-state index contributed by atoms with van der Waals surface area (Å²) in [4.78, 5) is 0. The monoisotopic (exact) mass is 357 g/mol. The third kappa shape index (κ3) is 6.05.